The average molecular weight is 319 g/mol. The molecule has 0 fully saturated rings. The van der Waals surface area contributed by atoms with Crippen LogP contribution in [0.25, 0.3) is 0 Å². The van der Waals surface area contributed by atoms with E-state index in [4.69, 9.17) is 5.26 Å². The summed E-state index contributed by atoms with van der Waals surface area (Å²) in [6.07, 6.45) is 0.825. The van der Waals surface area contributed by atoms with Crippen molar-refractivity contribution in [1.82, 2.24) is 0 Å². The second-order valence-electron chi connectivity index (χ2n) is 5.69. The van der Waals surface area contributed by atoms with Crippen LogP contribution in [0.15, 0.2) is 48.5 Å². The molecule has 5 nitrogen and oxygen atoms in total. The summed E-state index contributed by atoms with van der Waals surface area (Å²) in [6.45, 7) is 2.00. The minimum atomic E-state index is -0.231. The molecule has 0 bridgehead atoms. The number of benzene rings is 2. The molecule has 3 rings (SSSR count). The van der Waals surface area contributed by atoms with Crippen molar-refractivity contribution in [3.63, 3.8) is 0 Å². The number of hydrogen-bond donors (Lipinski definition) is 0. The zero-order valence-electron chi connectivity index (χ0n) is 13.4. The van der Waals surface area contributed by atoms with Crippen molar-refractivity contribution in [2.75, 3.05) is 22.9 Å². The molecule has 1 aliphatic rings. The third kappa shape index (κ3) is 2.99. The standard InChI is InChI=1S/C19H17N3O2/c1-14(23)22(17-7-4-5-15(11-17)12-20)13-19(24)21-10-9-16-6-2-3-8-18(16)21/h2-8,11H,9-10,13H2,1H3. The smallest absolute Gasteiger partial charge is 0.247 e. The minimum Gasteiger partial charge on any atom is -0.310 e. The molecular weight excluding hydrogens is 302 g/mol. The molecule has 0 saturated heterocycles. The van der Waals surface area contributed by atoms with Crippen molar-refractivity contribution in [2.45, 2.75) is 13.3 Å². The van der Waals surface area contributed by atoms with Gasteiger partial charge in [-0.25, -0.2) is 0 Å². The molecule has 1 heterocycles. The highest BCUT2D eigenvalue weighted by molar-refractivity contribution is 6.04. The molecule has 2 aromatic carbocycles. The molecule has 2 aromatic rings. The highest BCUT2D eigenvalue weighted by Crippen LogP contribution is 2.28. The van der Waals surface area contributed by atoms with Gasteiger partial charge in [-0.3, -0.25) is 9.59 Å². The Kier molecular flexibility index (Phi) is 4.30. The van der Waals surface area contributed by atoms with Crippen LogP contribution >= 0.6 is 0 Å². The highest BCUT2D eigenvalue weighted by Gasteiger charge is 2.26. The molecule has 0 radical (unpaired) electrons. The van der Waals surface area contributed by atoms with Gasteiger partial charge < -0.3 is 9.80 Å². The number of anilines is 2. The van der Waals surface area contributed by atoms with Crippen molar-refractivity contribution < 1.29 is 9.59 Å². The predicted octanol–water partition coefficient (Wildman–Crippen LogP) is 2.50. The second-order valence-corrected chi connectivity index (χ2v) is 5.69. The molecule has 0 spiro atoms. The third-order valence-corrected chi connectivity index (χ3v) is 4.15. The first kappa shape index (κ1) is 15.8. The van der Waals surface area contributed by atoms with E-state index in [1.54, 1.807) is 29.2 Å². The maximum atomic E-state index is 12.7. The molecule has 1 aliphatic heterocycles. The van der Waals surface area contributed by atoms with Gasteiger partial charge >= 0.3 is 0 Å². The molecule has 0 unspecified atom stereocenters. The Morgan fingerprint density at radius 1 is 1.21 bits per heavy atom. The zero-order chi connectivity index (χ0) is 17.1. The molecule has 0 aliphatic carbocycles. The fraction of sp³-hybridized carbons (Fsp3) is 0.211. The van der Waals surface area contributed by atoms with Gasteiger partial charge in [-0.15, -0.1) is 0 Å². The van der Waals surface area contributed by atoms with E-state index in [-0.39, 0.29) is 18.4 Å². The highest BCUT2D eigenvalue weighted by atomic mass is 16.2. The number of carbonyl (C=O) groups is 2. The van der Waals surface area contributed by atoms with Crippen molar-refractivity contribution in [2.24, 2.45) is 0 Å². The van der Waals surface area contributed by atoms with Gasteiger partial charge in [-0.2, -0.15) is 5.26 Å². The average Bonchev–Trinajstić information content (AvgIpc) is 3.03. The summed E-state index contributed by atoms with van der Waals surface area (Å²) in [5.41, 5.74) is 3.07. The van der Waals surface area contributed by atoms with E-state index in [0.717, 1.165) is 17.7 Å². The summed E-state index contributed by atoms with van der Waals surface area (Å²) < 4.78 is 0. The maximum absolute atomic E-state index is 12.7. The number of amides is 2. The molecule has 2 amide bonds. The number of rotatable bonds is 3. The fourth-order valence-electron chi connectivity index (χ4n) is 2.95. The van der Waals surface area contributed by atoms with E-state index in [1.807, 2.05) is 30.3 Å². The van der Waals surface area contributed by atoms with Gasteiger partial charge in [-0.1, -0.05) is 24.3 Å². The van der Waals surface area contributed by atoms with E-state index >= 15 is 0 Å². The third-order valence-electron chi connectivity index (χ3n) is 4.15. The van der Waals surface area contributed by atoms with E-state index in [0.29, 0.717) is 17.8 Å². The summed E-state index contributed by atoms with van der Waals surface area (Å²) >= 11 is 0. The lowest BCUT2D eigenvalue weighted by molar-refractivity contribution is -0.121. The van der Waals surface area contributed by atoms with E-state index in [2.05, 4.69) is 0 Å². The first-order valence-corrected chi connectivity index (χ1v) is 7.76. The van der Waals surface area contributed by atoms with Gasteiger partial charge in [0.1, 0.15) is 6.54 Å². The largest absolute Gasteiger partial charge is 0.310 e. The van der Waals surface area contributed by atoms with Gasteiger partial charge in [-0.05, 0) is 36.2 Å². The maximum Gasteiger partial charge on any atom is 0.247 e. The molecule has 5 heteroatoms. The second kappa shape index (κ2) is 6.55. The molecular formula is C19H17N3O2. The lowest BCUT2D eigenvalue weighted by Crippen LogP contribution is -2.41. The van der Waals surface area contributed by atoms with E-state index in [9.17, 15) is 9.59 Å². The molecule has 0 N–H and O–H groups in total. The van der Waals surface area contributed by atoms with Crippen molar-refractivity contribution >= 4 is 23.2 Å². The predicted molar refractivity (Wildman–Crippen MR) is 91.7 cm³/mol. The Labute approximate surface area is 140 Å². The monoisotopic (exact) mass is 319 g/mol. The quantitative estimate of drug-likeness (QED) is 0.873. The van der Waals surface area contributed by atoms with Crippen LogP contribution in [0, 0.1) is 11.3 Å². The normalized spacial score (nSPS) is 12.4. The zero-order valence-corrected chi connectivity index (χ0v) is 13.4. The SMILES string of the molecule is CC(=O)N(CC(=O)N1CCc2ccccc21)c1cccc(C#N)c1. The Balaban J connectivity index is 1.83. The lowest BCUT2D eigenvalue weighted by Gasteiger charge is -2.24. The number of fused-ring (bicyclic) bond motifs is 1. The van der Waals surface area contributed by atoms with Gasteiger partial charge in [0.2, 0.25) is 11.8 Å². The van der Waals surface area contributed by atoms with Crippen LogP contribution in [0.5, 0.6) is 0 Å². The van der Waals surface area contributed by atoms with Gasteiger partial charge in [0, 0.05) is 24.8 Å². The number of hydrogen-bond acceptors (Lipinski definition) is 3. The first-order chi connectivity index (χ1) is 11.6. The van der Waals surface area contributed by atoms with Crippen LogP contribution in [0.2, 0.25) is 0 Å². The summed E-state index contributed by atoms with van der Waals surface area (Å²) in [5, 5.41) is 9.02. The molecule has 24 heavy (non-hydrogen) atoms. The van der Waals surface area contributed by atoms with Gasteiger partial charge in [0.25, 0.3) is 0 Å². The summed E-state index contributed by atoms with van der Waals surface area (Å²) in [4.78, 5) is 27.9. The number of nitrogens with zero attached hydrogens (tertiary/aromatic N) is 3. The molecule has 120 valence electrons. The lowest BCUT2D eigenvalue weighted by atomic mass is 10.2. The number of para-hydroxylation sites is 1. The number of nitriles is 1. The Hall–Kier alpha value is -3.13. The van der Waals surface area contributed by atoms with Crippen LogP contribution in [-0.2, 0) is 16.0 Å². The fourth-order valence-corrected chi connectivity index (χ4v) is 2.95. The van der Waals surface area contributed by atoms with Crippen LogP contribution < -0.4 is 9.80 Å². The Morgan fingerprint density at radius 2 is 2.00 bits per heavy atom. The molecule has 0 aromatic heterocycles. The van der Waals surface area contributed by atoms with Crippen molar-refractivity contribution in [1.29, 1.82) is 5.26 Å². The summed E-state index contributed by atoms with van der Waals surface area (Å²) in [5.74, 6) is -0.358. The topological polar surface area (TPSA) is 64.4 Å². The van der Waals surface area contributed by atoms with Crippen LogP contribution in [-0.4, -0.2) is 24.9 Å². The van der Waals surface area contributed by atoms with Crippen LogP contribution in [0.4, 0.5) is 11.4 Å². The van der Waals surface area contributed by atoms with E-state index < -0.39 is 0 Å². The van der Waals surface area contributed by atoms with Gasteiger partial charge in [0.05, 0.1) is 11.6 Å². The van der Waals surface area contributed by atoms with Gasteiger partial charge in [0.15, 0.2) is 0 Å². The summed E-state index contributed by atoms with van der Waals surface area (Å²) in [6, 6.07) is 16.6. The first-order valence-electron chi connectivity index (χ1n) is 7.76. The number of carbonyl (C=O) groups excluding carboxylic acids is 2. The van der Waals surface area contributed by atoms with E-state index in [1.165, 1.54) is 11.8 Å². The Bertz CT molecular complexity index is 839. The van der Waals surface area contributed by atoms with Crippen molar-refractivity contribution in [3.8, 4) is 6.07 Å². The Morgan fingerprint density at radius 3 is 2.75 bits per heavy atom. The van der Waals surface area contributed by atoms with Crippen molar-refractivity contribution in [3.05, 3.63) is 59.7 Å². The minimum absolute atomic E-state index is 0.0431. The van der Waals surface area contributed by atoms with Crippen LogP contribution in [0.1, 0.15) is 18.1 Å². The molecule has 0 saturated carbocycles. The summed E-state index contributed by atoms with van der Waals surface area (Å²) in [7, 11) is 0. The van der Waals surface area contributed by atoms with Crippen LogP contribution in [0.3, 0.4) is 0 Å². The molecule has 0 atom stereocenters.